The molecule has 7 heteroatoms. The summed E-state index contributed by atoms with van der Waals surface area (Å²) in [6.07, 6.45) is 4.88. The van der Waals surface area contributed by atoms with Gasteiger partial charge in [0.2, 0.25) is 6.33 Å². The van der Waals surface area contributed by atoms with E-state index >= 15 is 0 Å². The minimum Gasteiger partial charge on any atom is -0.510 e. The normalized spacial score (nSPS) is 12.9. The summed E-state index contributed by atoms with van der Waals surface area (Å²) in [5, 5.41) is 2.08. The number of hydrogen-bond acceptors (Lipinski definition) is 3. The first-order chi connectivity index (χ1) is 28.4. The Kier molecular flexibility index (Phi) is 7.38. The maximum absolute atomic E-state index is 8.07. The topological polar surface area (TPSA) is 39.1 Å². The van der Waals surface area contributed by atoms with Crippen LogP contribution in [-0.2, 0) is 28.0 Å². The van der Waals surface area contributed by atoms with E-state index in [0.29, 0.717) is 28.2 Å². The van der Waals surface area contributed by atoms with Crippen molar-refractivity contribution in [3.05, 3.63) is 188 Å². The second-order valence-electron chi connectivity index (χ2n) is 13.5. The van der Waals surface area contributed by atoms with Crippen LogP contribution < -0.4 is 14.2 Å². The molecule has 7 aromatic carbocycles. The van der Waals surface area contributed by atoms with Crippen LogP contribution in [0.3, 0.4) is 0 Å². The van der Waals surface area contributed by atoms with Crippen LogP contribution in [0.5, 0.6) is 11.5 Å². The SMILES string of the molecule is [2H]C([2H])([2H])[n+]1[c-]n(-c2[c-]c(Oc3[c-]c4c(cc3)c3ccccc3n4-c3cc(N4c5ccccc5-c5ccccc5-c5ccccc54)ccn3)ccc2)c2ccccc21.[Pt]. The molecule has 1 aliphatic rings. The van der Waals surface area contributed by atoms with E-state index in [1.165, 1.54) is 15.7 Å². The van der Waals surface area contributed by atoms with Gasteiger partial charge >= 0.3 is 0 Å². The average molecular weight is 904 g/mol. The van der Waals surface area contributed by atoms with E-state index in [4.69, 9.17) is 13.8 Å². The van der Waals surface area contributed by atoms with Gasteiger partial charge in [-0.25, -0.2) is 4.98 Å². The molecule has 4 heterocycles. The average Bonchev–Trinajstić information content (AvgIpc) is 3.78. The summed E-state index contributed by atoms with van der Waals surface area (Å²) in [6.45, 7) is -2.40. The van der Waals surface area contributed by atoms with Gasteiger partial charge in [0, 0.05) is 61.5 Å². The molecule has 0 amide bonds. The van der Waals surface area contributed by atoms with Gasteiger partial charge in [0.05, 0.1) is 39.2 Å². The molecular weight excluding hydrogens is 870 g/mol. The Labute approximate surface area is 342 Å². The molecule has 1 aliphatic heterocycles. The predicted molar refractivity (Wildman–Crippen MR) is 219 cm³/mol. The quantitative estimate of drug-likeness (QED) is 0.128. The van der Waals surface area contributed by atoms with Gasteiger partial charge in [0.1, 0.15) is 5.82 Å². The molecule has 56 heavy (non-hydrogen) atoms. The van der Waals surface area contributed by atoms with Crippen molar-refractivity contribution in [2.24, 2.45) is 6.98 Å². The van der Waals surface area contributed by atoms with Crippen molar-refractivity contribution >= 4 is 49.9 Å². The molecule has 3 aromatic heterocycles. The van der Waals surface area contributed by atoms with Crippen molar-refractivity contribution in [2.45, 2.75) is 0 Å². The van der Waals surface area contributed by atoms with Crippen LogP contribution in [0.2, 0.25) is 0 Å². The molecule has 0 N–H and O–H groups in total. The zero-order valence-corrected chi connectivity index (χ0v) is 31.9. The van der Waals surface area contributed by atoms with E-state index in [2.05, 4.69) is 131 Å². The Bertz CT molecular complexity index is 3180. The van der Waals surface area contributed by atoms with Crippen molar-refractivity contribution in [3.8, 4) is 45.3 Å². The summed E-state index contributed by atoms with van der Waals surface area (Å²) >= 11 is 0. The Hall–Kier alpha value is -6.75. The number of imidazole rings is 1. The van der Waals surface area contributed by atoms with Crippen LogP contribution in [0.4, 0.5) is 17.1 Å². The van der Waals surface area contributed by atoms with E-state index in [-0.39, 0.29) is 21.1 Å². The second-order valence-corrected chi connectivity index (χ2v) is 13.5. The van der Waals surface area contributed by atoms with Crippen molar-refractivity contribution in [3.63, 3.8) is 0 Å². The van der Waals surface area contributed by atoms with Gasteiger partial charge in [0.15, 0.2) is 0 Å². The number of hydrogen-bond donors (Lipinski definition) is 0. The number of fused-ring (bicyclic) bond motifs is 9. The maximum Gasteiger partial charge on any atom is 0.242 e. The molecule has 0 aliphatic carbocycles. The van der Waals surface area contributed by atoms with Gasteiger partial charge < -0.3 is 23.3 Å². The third-order valence-corrected chi connectivity index (χ3v) is 10.3. The Morgan fingerprint density at radius 2 is 1.27 bits per heavy atom. The Morgan fingerprint density at radius 3 is 2.04 bits per heavy atom. The van der Waals surface area contributed by atoms with Gasteiger partial charge in [-0.05, 0) is 40.8 Å². The summed E-state index contributed by atoms with van der Waals surface area (Å²) in [5.41, 5.74) is 11.4. The van der Waals surface area contributed by atoms with Gasteiger partial charge in [0.25, 0.3) is 0 Å². The minimum absolute atomic E-state index is 0. The van der Waals surface area contributed by atoms with Crippen LogP contribution in [-0.4, -0.2) is 14.1 Å². The van der Waals surface area contributed by atoms with Crippen LogP contribution in [0, 0.1) is 18.5 Å². The van der Waals surface area contributed by atoms with Crippen molar-refractivity contribution in [1.29, 1.82) is 0 Å². The molecule has 0 spiro atoms. The smallest absolute Gasteiger partial charge is 0.242 e. The number of anilines is 3. The maximum atomic E-state index is 8.07. The van der Waals surface area contributed by atoms with Crippen LogP contribution in [0.15, 0.2) is 170 Å². The number of ether oxygens (including phenoxy) is 1. The van der Waals surface area contributed by atoms with Crippen LogP contribution in [0.25, 0.3) is 66.6 Å². The zero-order valence-electron chi connectivity index (χ0n) is 32.6. The number of nitrogens with zero attached hydrogens (tertiary/aromatic N) is 5. The first-order valence-corrected chi connectivity index (χ1v) is 18.1. The molecule has 0 unspecified atom stereocenters. The predicted octanol–water partition coefficient (Wildman–Crippen LogP) is 11.3. The fraction of sp³-hybridized carbons (Fsp3) is 0.0204. The summed E-state index contributed by atoms with van der Waals surface area (Å²) in [4.78, 5) is 7.30. The number of para-hydroxylation sites is 5. The number of benzene rings is 7. The van der Waals surface area contributed by atoms with Crippen LogP contribution in [0.1, 0.15) is 4.11 Å². The molecule has 0 radical (unpaired) electrons. The zero-order chi connectivity index (χ0) is 39.0. The number of rotatable bonds is 5. The summed E-state index contributed by atoms with van der Waals surface area (Å²) in [5.74, 6) is 1.68. The standard InChI is InChI=1S/C49H31N5O.Pt/c1-51-32-52(47-24-11-10-23-46(47)51)33-13-12-14-35(29-33)55-36-25-26-42-41-19-6-9-22-45(41)54(48(42)31-36)49-30-34(27-28-50-49)53-43-20-7-4-17-39(43)37-15-2-3-16-38(37)40-18-5-8-21-44(40)53;/h2-28,30H,1H3;/q-2;/i1D3;. The minimum atomic E-state index is -2.40. The third kappa shape index (κ3) is 5.36. The monoisotopic (exact) mass is 903 g/mol. The summed E-state index contributed by atoms with van der Waals surface area (Å²) < 4.78 is 35.7. The van der Waals surface area contributed by atoms with Crippen molar-refractivity contribution < 1.29 is 34.5 Å². The van der Waals surface area contributed by atoms with Crippen molar-refractivity contribution in [2.75, 3.05) is 4.90 Å². The van der Waals surface area contributed by atoms with Crippen molar-refractivity contribution in [1.82, 2.24) is 14.1 Å². The number of aromatic nitrogens is 4. The molecule has 10 aromatic rings. The second kappa shape index (κ2) is 13.5. The Morgan fingerprint density at radius 1 is 0.607 bits per heavy atom. The van der Waals surface area contributed by atoms with Gasteiger partial charge in [-0.2, -0.15) is 18.2 Å². The molecule has 0 fully saturated rings. The fourth-order valence-electron chi connectivity index (χ4n) is 7.97. The number of aryl methyl sites for hydroxylation is 1. The first-order valence-electron chi connectivity index (χ1n) is 19.6. The van der Waals surface area contributed by atoms with E-state index in [1.807, 2.05) is 60.8 Å². The molecule has 0 saturated heterocycles. The van der Waals surface area contributed by atoms with E-state index in [1.54, 1.807) is 10.6 Å². The van der Waals surface area contributed by atoms with Gasteiger partial charge in [-0.15, -0.1) is 29.7 Å². The van der Waals surface area contributed by atoms with E-state index < -0.39 is 6.98 Å². The molecule has 11 rings (SSSR count). The number of pyridine rings is 1. The molecule has 0 atom stereocenters. The van der Waals surface area contributed by atoms with E-state index in [0.717, 1.165) is 55.8 Å². The van der Waals surface area contributed by atoms with E-state index in [9.17, 15) is 0 Å². The third-order valence-electron chi connectivity index (χ3n) is 10.3. The Balaban J connectivity index is 0.00000420. The van der Waals surface area contributed by atoms with Gasteiger partial charge in [-0.1, -0.05) is 114 Å². The molecule has 6 nitrogen and oxygen atoms in total. The van der Waals surface area contributed by atoms with Gasteiger partial charge in [-0.3, -0.25) is 0 Å². The largest absolute Gasteiger partial charge is 0.510 e. The molecular formula is C49H31N5OPt-2. The fourth-order valence-corrected chi connectivity index (χ4v) is 7.97. The molecule has 0 saturated carbocycles. The first kappa shape index (κ1) is 30.6. The molecule has 0 bridgehead atoms. The summed E-state index contributed by atoms with van der Waals surface area (Å²) in [7, 11) is 0. The van der Waals surface area contributed by atoms with Crippen LogP contribution >= 0.6 is 0 Å². The summed E-state index contributed by atoms with van der Waals surface area (Å²) in [6, 6.07) is 61.9. The molecule has 270 valence electrons.